The van der Waals surface area contributed by atoms with Crippen LogP contribution in [0.5, 0.6) is 11.5 Å². The molecule has 0 saturated carbocycles. The van der Waals surface area contributed by atoms with Crippen molar-refractivity contribution in [3.05, 3.63) is 96.1 Å². The lowest BCUT2D eigenvalue weighted by atomic mass is 9.92. The van der Waals surface area contributed by atoms with Crippen molar-refractivity contribution < 1.29 is 42.9 Å². The quantitative estimate of drug-likeness (QED) is 0.0587. The van der Waals surface area contributed by atoms with Gasteiger partial charge in [-0.3, -0.25) is 4.79 Å². The first kappa shape index (κ1) is 36.3. The number of aryl methyl sites for hydroxylation is 1. The number of hydrogen-bond donors (Lipinski definition) is 0. The Morgan fingerprint density at radius 2 is 1.28 bits per heavy atom. The second kappa shape index (κ2) is 16.4. The van der Waals surface area contributed by atoms with Crippen LogP contribution in [0.15, 0.2) is 85.0 Å². The molecule has 0 saturated heterocycles. The normalized spacial score (nSPS) is 10.9. The van der Waals surface area contributed by atoms with Crippen molar-refractivity contribution in [1.82, 2.24) is 0 Å². The first-order valence-electron chi connectivity index (χ1n) is 15.3. The molecule has 0 heterocycles. The Labute approximate surface area is 276 Å². The van der Waals surface area contributed by atoms with Gasteiger partial charge in [0, 0.05) is 16.7 Å². The lowest BCUT2D eigenvalue weighted by Gasteiger charge is -2.18. The molecule has 47 heavy (non-hydrogen) atoms. The predicted molar refractivity (Wildman–Crippen MR) is 179 cm³/mol. The van der Waals surface area contributed by atoms with Crippen molar-refractivity contribution >= 4 is 23.9 Å². The van der Waals surface area contributed by atoms with Crippen molar-refractivity contribution in [3.63, 3.8) is 0 Å². The number of hydrogen-bond acceptors (Lipinski definition) is 9. The zero-order chi connectivity index (χ0) is 34.7. The Morgan fingerprint density at radius 1 is 0.681 bits per heavy atom. The lowest BCUT2D eigenvalue weighted by Crippen LogP contribution is -2.25. The molecule has 0 atom stereocenters. The van der Waals surface area contributed by atoms with E-state index in [1.165, 1.54) is 6.92 Å². The van der Waals surface area contributed by atoms with Gasteiger partial charge in [-0.15, -0.1) is 0 Å². The smallest absolute Gasteiger partial charge is 0.338 e. The molecule has 0 amide bonds. The number of esters is 4. The third-order valence-corrected chi connectivity index (χ3v) is 6.82. The Kier molecular flexibility index (Phi) is 12.7. The van der Waals surface area contributed by atoms with Crippen LogP contribution >= 0.6 is 0 Å². The molecule has 0 aliphatic heterocycles. The fourth-order valence-corrected chi connectivity index (χ4v) is 4.21. The molecular weight excluding hydrogens is 600 g/mol. The first-order chi connectivity index (χ1) is 22.2. The fourth-order valence-electron chi connectivity index (χ4n) is 4.21. The predicted octanol–water partition coefficient (Wildman–Crippen LogP) is 7.31. The van der Waals surface area contributed by atoms with Crippen molar-refractivity contribution in [2.75, 3.05) is 26.4 Å². The highest BCUT2D eigenvalue weighted by Gasteiger charge is 2.23. The summed E-state index contributed by atoms with van der Waals surface area (Å²) < 4.78 is 27.1. The number of rotatable bonds is 14. The van der Waals surface area contributed by atoms with Gasteiger partial charge in [0.05, 0.1) is 11.0 Å². The minimum absolute atomic E-state index is 0.0234. The molecule has 0 aromatic heterocycles. The maximum Gasteiger partial charge on any atom is 0.338 e. The fraction of sp³-hybridized carbons (Fsp3) is 0.316. The van der Waals surface area contributed by atoms with Crippen LogP contribution in [0.25, 0.3) is 22.3 Å². The third kappa shape index (κ3) is 10.4. The zero-order valence-electron chi connectivity index (χ0n) is 27.9. The third-order valence-electron chi connectivity index (χ3n) is 6.82. The summed E-state index contributed by atoms with van der Waals surface area (Å²) in [5.41, 5.74) is 4.72. The van der Waals surface area contributed by atoms with Gasteiger partial charge >= 0.3 is 23.9 Å². The van der Waals surface area contributed by atoms with E-state index in [0.29, 0.717) is 23.5 Å². The molecule has 3 aromatic rings. The molecule has 0 radical (unpaired) electrons. The van der Waals surface area contributed by atoms with E-state index in [9.17, 15) is 19.2 Å². The molecule has 0 aliphatic rings. The second-order valence-electron chi connectivity index (χ2n) is 11.9. The van der Waals surface area contributed by atoms with Gasteiger partial charge in [-0.05, 0) is 93.6 Å². The van der Waals surface area contributed by atoms with Crippen LogP contribution in [0.2, 0.25) is 0 Å². The van der Waals surface area contributed by atoms with Crippen LogP contribution in [-0.2, 0) is 35.0 Å². The van der Waals surface area contributed by atoms with E-state index in [-0.39, 0.29) is 43.5 Å². The summed E-state index contributed by atoms with van der Waals surface area (Å²) in [4.78, 5) is 48.5. The monoisotopic (exact) mass is 642 g/mol. The molecule has 9 heteroatoms. The largest absolute Gasteiger partial charge is 0.489 e. The van der Waals surface area contributed by atoms with Crippen LogP contribution in [-0.4, -0.2) is 50.3 Å². The summed E-state index contributed by atoms with van der Waals surface area (Å²) in [7, 11) is 0. The topological polar surface area (TPSA) is 114 Å². The van der Waals surface area contributed by atoms with E-state index in [0.717, 1.165) is 27.8 Å². The van der Waals surface area contributed by atoms with Gasteiger partial charge in [-0.25, -0.2) is 14.4 Å². The molecule has 0 bridgehead atoms. The minimum atomic E-state index is -0.652. The zero-order valence-corrected chi connectivity index (χ0v) is 27.9. The van der Waals surface area contributed by atoms with Gasteiger partial charge < -0.3 is 23.7 Å². The standard InChI is InChI=1S/C38H42O9/c1-9-26-22-28(27-10-14-30(15-11-27)47-35(40)25(4)5)12-16-31(26)32-17-13-29(36(41)45-20-19-44-34(39)24(2)3)23-33(32)43-18-21-46-37(42)38(6,7)8/h10-17,22-23H,2,4,9,18-21H2,1,3,5-8H3. The lowest BCUT2D eigenvalue weighted by molar-refractivity contribution is -0.153. The van der Waals surface area contributed by atoms with Crippen LogP contribution < -0.4 is 9.47 Å². The van der Waals surface area contributed by atoms with Crippen molar-refractivity contribution in [2.45, 2.75) is 48.0 Å². The van der Waals surface area contributed by atoms with E-state index < -0.39 is 23.3 Å². The average Bonchev–Trinajstić information content (AvgIpc) is 3.04. The van der Waals surface area contributed by atoms with Gasteiger partial charge in [0.2, 0.25) is 0 Å². The summed E-state index contributed by atoms with van der Waals surface area (Å²) in [6.07, 6.45) is 0.701. The highest BCUT2D eigenvalue weighted by atomic mass is 16.6. The summed E-state index contributed by atoms with van der Waals surface area (Å²) in [5, 5.41) is 0. The molecule has 248 valence electrons. The van der Waals surface area contributed by atoms with E-state index in [1.807, 2.05) is 31.2 Å². The molecule has 0 spiro atoms. The summed E-state index contributed by atoms with van der Waals surface area (Å²) in [5.74, 6) is -1.18. The van der Waals surface area contributed by atoms with Crippen LogP contribution in [0.3, 0.4) is 0 Å². The highest BCUT2D eigenvalue weighted by molar-refractivity contribution is 5.92. The SMILES string of the molecule is C=C(C)C(=O)OCCOC(=O)c1ccc(-c2ccc(-c3ccc(OC(=O)C(=C)C)cc3)cc2CC)c(OCCOC(=O)C(C)(C)C)c1. The first-order valence-corrected chi connectivity index (χ1v) is 15.3. The minimum Gasteiger partial charge on any atom is -0.489 e. The number of benzene rings is 3. The number of carbonyl (C=O) groups excluding carboxylic acids is 4. The molecule has 0 aliphatic carbocycles. The Balaban J connectivity index is 1.87. The summed E-state index contributed by atoms with van der Waals surface area (Å²) in [6.45, 7) is 17.5. The Hall–Kier alpha value is -5.18. The second-order valence-corrected chi connectivity index (χ2v) is 11.9. The Morgan fingerprint density at radius 3 is 1.89 bits per heavy atom. The summed E-state index contributed by atoms with van der Waals surface area (Å²) in [6, 6.07) is 18.3. The molecule has 0 fully saturated rings. The average molecular weight is 643 g/mol. The molecule has 3 rings (SSSR count). The van der Waals surface area contributed by atoms with Crippen LogP contribution in [0, 0.1) is 5.41 Å². The van der Waals surface area contributed by atoms with E-state index in [2.05, 4.69) is 19.2 Å². The number of ether oxygens (including phenoxy) is 5. The van der Waals surface area contributed by atoms with Crippen LogP contribution in [0.4, 0.5) is 0 Å². The van der Waals surface area contributed by atoms with Crippen molar-refractivity contribution in [3.8, 4) is 33.8 Å². The van der Waals surface area contributed by atoms with Gasteiger partial charge in [-0.2, -0.15) is 0 Å². The Bertz CT molecular complexity index is 1640. The van der Waals surface area contributed by atoms with Crippen molar-refractivity contribution in [2.24, 2.45) is 5.41 Å². The van der Waals surface area contributed by atoms with E-state index in [1.54, 1.807) is 58.0 Å². The molecular formula is C38H42O9. The maximum absolute atomic E-state index is 12.9. The van der Waals surface area contributed by atoms with Gasteiger partial charge in [-0.1, -0.05) is 50.4 Å². The molecule has 9 nitrogen and oxygen atoms in total. The maximum atomic E-state index is 12.9. The molecule has 3 aromatic carbocycles. The number of carbonyl (C=O) groups is 4. The van der Waals surface area contributed by atoms with Crippen molar-refractivity contribution in [1.29, 1.82) is 0 Å². The van der Waals surface area contributed by atoms with E-state index >= 15 is 0 Å². The van der Waals surface area contributed by atoms with Gasteiger partial charge in [0.1, 0.15) is 37.9 Å². The van der Waals surface area contributed by atoms with Gasteiger partial charge in [0.25, 0.3) is 0 Å². The molecule has 0 unspecified atom stereocenters. The van der Waals surface area contributed by atoms with E-state index in [4.69, 9.17) is 23.7 Å². The van der Waals surface area contributed by atoms with Gasteiger partial charge in [0.15, 0.2) is 0 Å². The summed E-state index contributed by atoms with van der Waals surface area (Å²) >= 11 is 0. The highest BCUT2D eigenvalue weighted by Crippen LogP contribution is 2.36. The molecule has 0 N–H and O–H groups in total. The van der Waals surface area contributed by atoms with Crippen LogP contribution in [0.1, 0.15) is 57.5 Å².